The molecule has 1 fully saturated rings. The zero-order valence-corrected chi connectivity index (χ0v) is 17.8. The highest BCUT2D eigenvalue weighted by molar-refractivity contribution is 8.18. The third-order valence-corrected chi connectivity index (χ3v) is 5.32. The Balaban J connectivity index is 1.57. The van der Waals surface area contributed by atoms with Gasteiger partial charge in [0.05, 0.1) is 17.1 Å². The van der Waals surface area contributed by atoms with Gasteiger partial charge in [0, 0.05) is 5.69 Å². The first-order valence-corrected chi connectivity index (χ1v) is 10.7. The lowest BCUT2D eigenvalue weighted by Crippen LogP contribution is -2.36. The van der Waals surface area contributed by atoms with E-state index >= 15 is 0 Å². The van der Waals surface area contributed by atoms with Crippen molar-refractivity contribution in [3.8, 4) is 0 Å². The summed E-state index contributed by atoms with van der Waals surface area (Å²) in [4.78, 5) is 50.2. The highest BCUT2D eigenvalue weighted by Gasteiger charge is 2.36. The van der Waals surface area contributed by atoms with Gasteiger partial charge in [0.1, 0.15) is 6.54 Å². The van der Waals surface area contributed by atoms with Crippen LogP contribution in [-0.2, 0) is 14.3 Å². The van der Waals surface area contributed by atoms with Crippen molar-refractivity contribution < 1.29 is 23.9 Å². The number of benzene rings is 2. The number of unbranched alkanes of at least 4 members (excludes halogenated alkanes) is 1. The monoisotopic (exact) mass is 438 g/mol. The molecule has 1 heterocycles. The van der Waals surface area contributed by atoms with Crippen LogP contribution in [0.25, 0.3) is 6.08 Å². The van der Waals surface area contributed by atoms with Crippen molar-refractivity contribution in [2.45, 2.75) is 19.8 Å². The normalized spacial score (nSPS) is 14.7. The summed E-state index contributed by atoms with van der Waals surface area (Å²) in [6, 6.07) is 15.4. The van der Waals surface area contributed by atoms with E-state index in [0.29, 0.717) is 17.9 Å². The fourth-order valence-electron chi connectivity index (χ4n) is 2.76. The molecule has 0 saturated carbocycles. The fraction of sp³-hybridized carbons (Fsp3) is 0.217. The topological polar surface area (TPSA) is 92.8 Å². The number of anilines is 1. The molecule has 0 atom stereocenters. The summed E-state index contributed by atoms with van der Waals surface area (Å²) in [7, 11) is 0. The first-order valence-electron chi connectivity index (χ1n) is 9.85. The van der Waals surface area contributed by atoms with Crippen LogP contribution in [0.2, 0.25) is 0 Å². The van der Waals surface area contributed by atoms with Gasteiger partial charge in [-0.2, -0.15) is 0 Å². The van der Waals surface area contributed by atoms with Gasteiger partial charge in [0.15, 0.2) is 0 Å². The van der Waals surface area contributed by atoms with Gasteiger partial charge in [0.25, 0.3) is 11.1 Å². The maximum Gasteiger partial charge on any atom is 0.338 e. The molecular weight excluding hydrogens is 416 g/mol. The molecule has 1 saturated heterocycles. The van der Waals surface area contributed by atoms with E-state index in [4.69, 9.17) is 4.74 Å². The van der Waals surface area contributed by atoms with E-state index in [9.17, 15) is 19.2 Å². The van der Waals surface area contributed by atoms with E-state index < -0.39 is 29.6 Å². The molecule has 0 aliphatic carbocycles. The van der Waals surface area contributed by atoms with Crippen LogP contribution in [0, 0.1) is 0 Å². The summed E-state index contributed by atoms with van der Waals surface area (Å²) in [5.41, 5.74) is 1.62. The highest BCUT2D eigenvalue weighted by Crippen LogP contribution is 2.32. The van der Waals surface area contributed by atoms with Crippen LogP contribution < -0.4 is 5.32 Å². The van der Waals surface area contributed by atoms with Crippen LogP contribution in [0.15, 0.2) is 59.5 Å². The summed E-state index contributed by atoms with van der Waals surface area (Å²) >= 11 is 0.805. The highest BCUT2D eigenvalue weighted by atomic mass is 32.2. The number of ether oxygens (including phenoxy) is 1. The number of carbonyl (C=O) groups is 4. The number of carbonyl (C=O) groups excluding carboxylic acids is 4. The summed E-state index contributed by atoms with van der Waals surface area (Å²) in [6.07, 6.45) is 3.36. The fourth-order valence-corrected chi connectivity index (χ4v) is 3.60. The molecule has 3 amide bonds. The third-order valence-electron chi connectivity index (χ3n) is 4.41. The van der Waals surface area contributed by atoms with Crippen molar-refractivity contribution in [3.05, 3.63) is 70.6 Å². The number of esters is 1. The molecule has 0 spiro atoms. The lowest BCUT2D eigenvalue weighted by molar-refractivity contribution is -0.127. The van der Waals surface area contributed by atoms with Gasteiger partial charge in [-0.15, -0.1) is 0 Å². The molecule has 2 aromatic carbocycles. The largest absolute Gasteiger partial charge is 0.462 e. The van der Waals surface area contributed by atoms with Crippen LogP contribution >= 0.6 is 11.8 Å². The number of amides is 3. The molecule has 7 nitrogen and oxygen atoms in total. The predicted molar refractivity (Wildman–Crippen MR) is 119 cm³/mol. The molecular formula is C23H22N2O5S. The first-order chi connectivity index (χ1) is 15.0. The average Bonchev–Trinajstić information content (AvgIpc) is 3.02. The number of rotatable bonds is 8. The smallest absolute Gasteiger partial charge is 0.338 e. The number of imide groups is 1. The molecule has 0 radical (unpaired) electrons. The van der Waals surface area contributed by atoms with Gasteiger partial charge in [-0.3, -0.25) is 19.3 Å². The van der Waals surface area contributed by atoms with Gasteiger partial charge < -0.3 is 10.1 Å². The molecule has 3 rings (SSSR count). The molecule has 8 heteroatoms. The number of thioether (sulfide) groups is 1. The van der Waals surface area contributed by atoms with Crippen molar-refractivity contribution in [1.82, 2.24) is 4.90 Å². The summed E-state index contributed by atoms with van der Waals surface area (Å²) < 4.78 is 5.14. The van der Waals surface area contributed by atoms with Crippen molar-refractivity contribution in [3.63, 3.8) is 0 Å². The second-order valence-corrected chi connectivity index (χ2v) is 7.79. The van der Waals surface area contributed by atoms with E-state index in [2.05, 4.69) is 5.32 Å². The first kappa shape index (κ1) is 22.3. The van der Waals surface area contributed by atoms with Crippen molar-refractivity contribution in [2.75, 3.05) is 18.5 Å². The lowest BCUT2D eigenvalue weighted by Gasteiger charge is -2.12. The maximum atomic E-state index is 12.5. The van der Waals surface area contributed by atoms with Gasteiger partial charge in [-0.25, -0.2) is 4.79 Å². The summed E-state index contributed by atoms with van der Waals surface area (Å²) in [6.45, 7) is 1.98. The summed E-state index contributed by atoms with van der Waals surface area (Å²) in [5.74, 6) is -1.44. The lowest BCUT2D eigenvalue weighted by atomic mass is 10.2. The molecule has 1 N–H and O–H groups in total. The minimum absolute atomic E-state index is 0.273. The SMILES string of the molecule is CCCCOC(=O)c1ccc(NC(=O)CN2C(=O)S/C(=C/c3ccccc3)C2=O)cc1. The number of hydrogen-bond acceptors (Lipinski definition) is 6. The van der Waals surface area contributed by atoms with E-state index in [1.165, 1.54) is 0 Å². The van der Waals surface area contributed by atoms with Crippen molar-refractivity contribution >= 4 is 46.5 Å². The Hall–Kier alpha value is -3.39. The van der Waals surface area contributed by atoms with E-state index in [0.717, 1.165) is 35.1 Å². The standard InChI is InChI=1S/C23H22N2O5S/c1-2-3-13-30-22(28)17-9-11-18(12-10-17)24-20(26)15-25-21(27)19(31-23(25)29)14-16-7-5-4-6-8-16/h4-12,14H,2-3,13,15H2,1H3,(H,24,26)/b19-14+. The van der Waals surface area contributed by atoms with E-state index in [1.54, 1.807) is 30.3 Å². The Morgan fingerprint density at radius 2 is 1.77 bits per heavy atom. The second-order valence-electron chi connectivity index (χ2n) is 6.79. The Morgan fingerprint density at radius 3 is 2.45 bits per heavy atom. The van der Waals surface area contributed by atoms with Crippen LogP contribution in [0.3, 0.4) is 0 Å². The minimum atomic E-state index is -0.512. The molecule has 1 aliphatic rings. The Labute approximate surface area is 184 Å². The average molecular weight is 439 g/mol. The van der Waals surface area contributed by atoms with Gasteiger partial charge in [-0.1, -0.05) is 43.7 Å². The van der Waals surface area contributed by atoms with Gasteiger partial charge in [0.2, 0.25) is 5.91 Å². The van der Waals surface area contributed by atoms with Gasteiger partial charge in [-0.05, 0) is 54.1 Å². The van der Waals surface area contributed by atoms with Crippen LogP contribution in [0.1, 0.15) is 35.7 Å². The number of nitrogens with zero attached hydrogens (tertiary/aromatic N) is 1. The number of nitrogens with one attached hydrogen (secondary N) is 1. The maximum absolute atomic E-state index is 12.5. The summed E-state index contributed by atoms with van der Waals surface area (Å²) in [5, 5.41) is 2.13. The molecule has 31 heavy (non-hydrogen) atoms. The Kier molecular flexibility index (Phi) is 7.61. The van der Waals surface area contributed by atoms with Gasteiger partial charge >= 0.3 is 5.97 Å². The molecule has 0 aromatic heterocycles. The zero-order valence-electron chi connectivity index (χ0n) is 17.0. The van der Waals surface area contributed by atoms with E-state index in [1.807, 2.05) is 37.3 Å². The second kappa shape index (κ2) is 10.6. The van der Waals surface area contributed by atoms with E-state index in [-0.39, 0.29) is 4.91 Å². The molecule has 1 aliphatic heterocycles. The van der Waals surface area contributed by atoms with Crippen molar-refractivity contribution in [2.24, 2.45) is 0 Å². The molecule has 2 aromatic rings. The minimum Gasteiger partial charge on any atom is -0.462 e. The zero-order chi connectivity index (χ0) is 22.2. The quantitative estimate of drug-likeness (QED) is 0.375. The van der Waals surface area contributed by atoms with Crippen LogP contribution in [-0.4, -0.2) is 41.1 Å². The Morgan fingerprint density at radius 1 is 1.06 bits per heavy atom. The van der Waals surface area contributed by atoms with Crippen LogP contribution in [0.4, 0.5) is 10.5 Å². The predicted octanol–water partition coefficient (Wildman–Crippen LogP) is 4.32. The van der Waals surface area contributed by atoms with Crippen molar-refractivity contribution in [1.29, 1.82) is 0 Å². The molecule has 160 valence electrons. The Bertz CT molecular complexity index is 1000. The third kappa shape index (κ3) is 6.05. The van der Waals surface area contributed by atoms with Crippen LogP contribution in [0.5, 0.6) is 0 Å². The number of hydrogen-bond donors (Lipinski definition) is 1. The molecule has 0 unspecified atom stereocenters. The molecule has 0 bridgehead atoms.